The number of hydrogen-bond donors (Lipinski definition) is 0. The molecule has 0 spiro atoms. The van der Waals surface area contributed by atoms with Gasteiger partial charge in [0.15, 0.2) is 0 Å². The zero-order valence-electron chi connectivity index (χ0n) is 19.6. The molecule has 0 aliphatic heterocycles. The van der Waals surface area contributed by atoms with Gasteiger partial charge in [0.1, 0.15) is 6.10 Å². The van der Waals surface area contributed by atoms with Gasteiger partial charge in [0, 0.05) is 25.6 Å². The molecule has 182 valence electrons. The summed E-state index contributed by atoms with van der Waals surface area (Å²) in [5.74, 6) is -0.329. The summed E-state index contributed by atoms with van der Waals surface area (Å²) in [6.45, 7) is 7.31. The fourth-order valence-corrected chi connectivity index (χ4v) is 3.73. The Morgan fingerprint density at radius 1 is 0.633 bits per heavy atom. The molecular weight excluding hydrogens is 404 g/mol. The molecule has 6 nitrogen and oxygen atoms in total. The SMILES string of the molecule is CCCCCCCCOCC(COCCCCCCCC)OCCCCS(=O)(=O)[O-]. The normalized spacial score (nSPS) is 12.1. The molecule has 0 amide bonds. The van der Waals surface area contributed by atoms with Gasteiger partial charge in [0.05, 0.1) is 23.3 Å². The second-order valence-corrected chi connectivity index (χ2v) is 9.67. The van der Waals surface area contributed by atoms with E-state index >= 15 is 0 Å². The summed E-state index contributed by atoms with van der Waals surface area (Å²) >= 11 is 0. The fourth-order valence-electron chi connectivity index (χ4n) is 3.17. The Labute approximate surface area is 186 Å². The van der Waals surface area contributed by atoms with E-state index in [9.17, 15) is 13.0 Å². The van der Waals surface area contributed by atoms with Gasteiger partial charge in [-0.1, -0.05) is 78.1 Å². The van der Waals surface area contributed by atoms with Crippen molar-refractivity contribution in [2.45, 2.75) is 110 Å². The van der Waals surface area contributed by atoms with Crippen molar-refractivity contribution in [2.24, 2.45) is 0 Å². The van der Waals surface area contributed by atoms with E-state index in [1.54, 1.807) is 0 Å². The number of hydrogen-bond acceptors (Lipinski definition) is 6. The van der Waals surface area contributed by atoms with Gasteiger partial charge in [0.25, 0.3) is 0 Å². The summed E-state index contributed by atoms with van der Waals surface area (Å²) in [6.07, 6.45) is 15.5. The highest BCUT2D eigenvalue weighted by molar-refractivity contribution is 7.85. The van der Waals surface area contributed by atoms with Crippen LogP contribution in [0.2, 0.25) is 0 Å². The number of unbranched alkanes of at least 4 members (excludes halogenated alkanes) is 11. The predicted octanol–water partition coefficient (Wildman–Crippen LogP) is 5.45. The fraction of sp³-hybridized carbons (Fsp3) is 1.00. The van der Waals surface area contributed by atoms with Crippen LogP contribution in [0.1, 0.15) is 104 Å². The average Bonchev–Trinajstić information content (AvgIpc) is 2.70. The molecule has 7 heteroatoms. The molecule has 0 aromatic heterocycles. The van der Waals surface area contributed by atoms with Crippen molar-refractivity contribution in [1.29, 1.82) is 0 Å². The van der Waals surface area contributed by atoms with E-state index in [0.29, 0.717) is 32.7 Å². The van der Waals surface area contributed by atoms with E-state index < -0.39 is 10.1 Å². The van der Waals surface area contributed by atoms with Crippen LogP contribution in [0.25, 0.3) is 0 Å². The minimum atomic E-state index is -4.14. The van der Waals surface area contributed by atoms with Crippen molar-refractivity contribution < 1.29 is 27.2 Å². The minimum absolute atomic E-state index is 0.144. The molecule has 0 radical (unpaired) electrons. The lowest BCUT2D eigenvalue weighted by atomic mass is 10.1. The van der Waals surface area contributed by atoms with E-state index in [1.165, 1.54) is 64.2 Å². The van der Waals surface area contributed by atoms with Crippen molar-refractivity contribution in [3.63, 3.8) is 0 Å². The molecule has 0 aromatic carbocycles. The van der Waals surface area contributed by atoms with E-state index in [0.717, 1.165) is 26.1 Å². The Morgan fingerprint density at radius 2 is 1.07 bits per heavy atom. The lowest BCUT2D eigenvalue weighted by Crippen LogP contribution is -2.27. The second kappa shape index (κ2) is 22.0. The van der Waals surface area contributed by atoms with Crippen LogP contribution < -0.4 is 0 Å². The first-order chi connectivity index (χ1) is 14.5. The third-order valence-electron chi connectivity index (χ3n) is 5.03. The Balaban J connectivity index is 3.92. The molecule has 0 aliphatic carbocycles. The molecule has 30 heavy (non-hydrogen) atoms. The molecule has 0 saturated heterocycles. The Morgan fingerprint density at radius 3 is 1.53 bits per heavy atom. The molecule has 0 atom stereocenters. The first kappa shape index (κ1) is 29.8. The maximum absolute atomic E-state index is 10.7. The largest absolute Gasteiger partial charge is 0.748 e. The van der Waals surface area contributed by atoms with Gasteiger partial charge in [-0.2, -0.15) is 0 Å². The van der Waals surface area contributed by atoms with Crippen molar-refractivity contribution in [3.8, 4) is 0 Å². The highest BCUT2D eigenvalue weighted by atomic mass is 32.2. The van der Waals surface area contributed by atoms with Gasteiger partial charge in [-0.3, -0.25) is 0 Å². The zero-order valence-corrected chi connectivity index (χ0v) is 20.4. The standard InChI is InChI=1S/C23H48O6S/c1-3-5-7-9-11-13-17-27-21-23(29-19-15-16-20-30(24,25)26)22-28-18-14-12-10-8-6-4-2/h23H,3-22H2,1-2H3,(H,24,25,26)/p-1. The highest BCUT2D eigenvalue weighted by Crippen LogP contribution is 2.07. The lowest BCUT2D eigenvalue weighted by molar-refractivity contribution is -0.0613. The van der Waals surface area contributed by atoms with Crippen LogP contribution in [0, 0.1) is 0 Å². The monoisotopic (exact) mass is 451 g/mol. The smallest absolute Gasteiger partial charge is 0.104 e. The first-order valence-corrected chi connectivity index (χ1v) is 13.8. The van der Waals surface area contributed by atoms with Crippen LogP contribution in [-0.4, -0.2) is 57.9 Å². The first-order valence-electron chi connectivity index (χ1n) is 12.2. The topological polar surface area (TPSA) is 84.9 Å². The molecule has 0 rings (SSSR count). The second-order valence-electron chi connectivity index (χ2n) is 8.15. The molecule has 0 aliphatic rings. The maximum Gasteiger partial charge on any atom is 0.104 e. The molecule has 0 bridgehead atoms. The number of ether oxygens (including phenoxy) is 3. The predicted molar refractivity (Wildman–Crippen MR) is 122 cm³/mol. The molecule has 0 aromatic rings. The van der Waals surface area contributed by atoms with Gasteiger partial charge in [-0.05, 0) is 25.7 Å². The molecule has 0 saturated carbocycles. The number of rotatable bonds is 24. The van der Waals surface area contributed by atoms with Gasteiger partial charge in [0.2, 0.25) is 0 Å². The Hall–Kier alpha value is -0.210. The maximum atomic E-state index is 10.7. The molecule has 0 N–H and O–H groups in total. The zero-order chi connectivity index (χ0) is 22.3. The summed E-state index contributed by atoms with van der Waals surface area (Å²) in [7, 11) is -4.14. The van der Waals surface area contributed by atoms with Gasteiger partial charge in [-0.15, -0.1) is 0 Å². The van der Waals surface area contributed by atoms with Crippen molar-refractivity contribution in [3.05, 3.63) is 0 Å². The Bertz CT molecular complexity index is 421. The third kappa shape index (κ3) is 24.1. The molecule has 0 heterocycles. The van der Waals surface area contributed by atoms with Gasteiger partial charge < -0.3 is 18.8 Å². The average molecular weight is 452 g/mol. The van der Waals surface area contributed by atoms with Gasteiger partial charge in [-0.25, -0.2) is 8.42 Å². The van der Waals surface area contributed by atoms with Crippen LogP contribution >= 0.6 is 0 Å². The van der Waals surface area contributed by atoms with Crippen LogP contribution in [0.15, 0.2) is 0 Å². The minimum Gasteiger partial charge on any atom is -0.748 e. The van der Waals surface area contributed by atoms with Crippen molar-refractivity contribution in [1.82, 2.24) is 0 Å². The third-order valence-corrected chi connectivity index (χ3v) is 5.82. The van der Waals surface area contributed by atoms with Crippen LogP contribution in [-0.2, 0) is 24.3 Å². The van der Waals surface area contributed by atoms with Crippen molar-refractivity contribution in [2.75, 3.05) is 38.8 Å². The van der Waals surface area contributed by atoms with Gasteiger partial charge >= 0.3 is 0 Å². The summed E-state index contributed by atoms with van der Waals surface area (Å²) in [5.41, 5.74) is 0. The van der Waals surface area contributed by atoms with Crippen LogP contribution in [0.5, 0.6) is 0 Å². The van der Waals surface area contributed by atoms with Crippen molar-refractivity contribution >= 4 is 10.1 Å². The van der Waals surface area contributed by atoms with Crippen LogP contribution in [0.4, 0.5) is 0 Å². The van der Waals surface area contributed by atoms with Crippen LogP contribution in [0.3, 0.4) is 0 Å². The summed E-state index contributed by atoms with van der Waals surface area (Å²) < 4.78 is 49.4. The van der Waals surface area contributed by atoms with E-state index in [1.807, 2.05) is 0 Å². The quantitative estimate of drug-likeness (QED) is 0.143. The summed E-state index contributed by atoms with van der Waals surface area (Å²) in [5, 5.41) is 0. The molecule has 0 unspecified atom stereocenters. The molecule has 0 fully saturated rings. The lowest BCUT2D eigenvalue weighted by Gasteiger charge is -2.18. The molecular formula is C23H47O6S-. The summed E-state index contributed by atoms with van der Waals surface area (Å²) in [6, 6.07) is 0. The highest BCUT2D eigenvalue weighted by Gasteiger charge is 2.10. The van der Waals surface area contributed by atoms with E-state index in [-0.39, 0.29) is 11.9 Å². The summed E-state index contributed by atoms with van der Waals surface area (Å²) in [4.78, 5) is 0. The van der Waals surface area contributed by atoms with E-state index in [2.05, 4.69) is 13.8 Å². The Kier molecular flexibility index (Phi) is 21.8. The van der Waals surface area contributed by atoms with E-state index in [4.69, 9.17) is 14.2 Å².